The van der Waals surface area contributed by atoms with Crippen LogP contribution in [-0.2, 0) is 0 Å². The Labute approximate surface area is 118 Å². The molecule has 0 fully saturated rings. The van der Waals surface area contributed by atoms with Crippen molar-refractivity contribution in [3.63, 3.8) is 0 Å². The lowest BCUT2D eigenvalue weighted by Gasteiger charge is -2.07. The molecule has 4 heteroatoms. The van der Waals surface area contributed by atoms with Gasteiger partial charge in [0.2, 0.25) is 0 Å². The standard InChI is InChI=1S/C16H15N3O/c1-12-5-4-10-18-15(12)19-16(20)14-8-2-6-13(11-14)7-3-9-17/h2,4-6,8,10-11H,9,17H2,1H3,(H,18,19,20). The first kappa shape index (κ1) is 13.8. The summed E-state index contributed by atoms with van der Waals surface area (Å²) in [5.41, 5.74) is 7.55. The molecule has 20 heavy (non-hydrogen) atoms. The Bertz CT molecular complexity index is 683. The van der Waals surface area contributed by atoms with Crippen LogP contribution in [-0.4, -0.2) is 17.4 Å². The zero-order chi connectivity index (χ0) is 14.4. The number of carbonyl (C=O) groups excluding carboxylic acids is 1. The zero-order valence-corrected chi connectivity index (χ0v) is 11.2. The summed E-state index contributed by atoms with van der Waals surface area (Å²) in [6.45, 7) is 2.19. The first-order chi connectivity index (χ1) is 9.70. The molecule has 0 aliphatic carbocycles. The van der Waals surface area contributed by atoms with Crippen LogP contribution in [0.3, 0.4) is 0 Å². The second kappa shape index (κ2) is 6.50. The fraction of sp³-hybridized carbons (Fsp3) is 0.125. The van der Waals surface area contributed by atoms with Crippen LogP contribution in [0.15, 0.2) is 42.6 Å². The van der Waals surface area contributed by atoms with Gasteiger partial charge in [-0.05, 0) is 36.8 Å². The molecule has 0 saturated carbocycles. The molecule has 4 nitrogen and oxygen atoms in total. The van der Waals surface area contributed by atoms with Crippen molar-refractivity contribution in [3.05, 3.63) is 59.3 Å². The SMILES string of the molecule is Cc1cccnc1NC(=O)c1cccc(C#CCN)c1. The number of benzene rings is 1. The van der Waals surface area contributed by atoms with Crippen LogP contribution in [0.2, 0.25) is 0 Å². The Morgan fingerprint density at radius 3 is 2.95 bits per heavy atom. The molecule has 3 N–H and O–H groups in total. The lowest BCUT2D eigenvalue weighted by atomic mass is 10.1. The van der Waals surface area contributed by atoms with Crippen molar-refractivity contribution in [1.29, 1.82) is 0 Å². The van der Waals surface area contributed by atoms with Crippen LogP contribution in [0.5, 0.6) is 0 Å². The summed E-state index contributed by atoms with van der Waals surface area (Å²) >= 11 is 0. The van der Waals surface area contributed by atoms with E-state index in [1.165, 1.54) is 0 Å². The molecule has 1 aromatic carbocycles. The average Bonchev–Trinajstić information content (AvgIpc) is 2.48. The Morgan fingerprint density at radius 1 is 1.35 bits per heavy atom. The highest BCUT2D eigenvalue weighted by atomic mass is 16.1. The molecule has 0 unspecified atom stereocenters. The van der Waals surface area contributed by atoms with Gasteiger partial charge in [0.05, 0.1) is 6.54 Å². The predicted molar refractivity (Wildman–Crippen MR) is 79.3 cm³/mol. The summed E-state index contributed by atoms with van der Waals surface area (Å²) in [6, 6.07) is 10.8. The van der Waals surface area contributed by atoms with Crippen molar-refractivity contribution in [2.45, 2.75) is 6.92 Å². The first-order valence-corrected chi connectivity index (χ1v) is 6.22. The number of aromatic nitrogens is 1. The van der Waals surface area contributed by atoms with Crippen LogP contribution in [0.4, 0.5) is 5.82 Å². The molecule has 2 aromatic rings. The lowest BCUT2D eigenvalue weighted by molar-refractivity contribution is 0.102. The minimum Gasteiger partial charge on any atom is -0.320 e. The predicted octanol–water partition coefficient (Wildman–Crippen LogP) is 1.95. The summed E-state index contributed by atoms with van der Waals surface area (Å²) < 4.78 is 0. The number of nitrogens with two attached hydrogens (primary N) is 1. The van der Waals surface area contributed by atoms with E-state index in [1.54, 1.807) is 24.4 Å². The van der Waals surface area contributed by atoms with E-state index in [0.717, 1.165) is 11.1 Å². The van der Waals surface area contributed by atoms with E-state index in [2.05, 4.69) is 22.1 Å². The molecule has 1 heterocycles. The van der Waals surface area contributed by atoms with Gasteiger partial charge in [-0.15, -0.1) is 0 Å². The van der Waals surface area contributed by atoms with E-state index >= 15 is 0 Å². The number of hydrogen-bond acceptors (Lipinski definition) is 3. The molecule has 1 amide bonds. The number of carbonyl (C=O) groups is 1. The third kappa shape index (κ3) is 3.44. The smallest absolute Gasteiger partial charge is 0.256 e. The number of nitrogens with one attached hydrogen (secondary N) is 1. The van der Waals surface area contributed by atoms with Crippen molar-refractivity contribution in [3.8, 4) is 11.8 Å². The van der Waals surface area contributed by atoms with Gasteiger partial charge in [0.25, 0.3) is 5.91 Å². The number of anilines is 1. The van der Waals surface area contributed by atoms with E-state index in [9.17, 15) is 4.79 Å². The maximum atomic E-state index is 12.2. The monoisotopic (exact) mass is 265 g/mol. The molecule has 1 aromatic heterocycles. The summed E-state index contributed by atoms with van der Waals surface area (Å²) in [5, 5.41) is 2.79. The van der Waals surface area contributed by atoms with E-state index in [1.807, 2.05) is 25.1 Å². The Balaban J connectivity index is 2.19. The second-order valence-corrected chi connectivity index (χ2v) is 4.21. The fourth-order valence-corrected chi connectivity index (χ4v) is 1.69. The minimum atomic E-state index is -0.205. The lowest BCUT2D eigenvalue weighted by Crippen LogP contribution is -2.13. The van der Waals surface area contributed by atoms with Crippen LogP contribution in [0.1, 0.15) is 21.5 Å². The van der Waals surface area contributed by atoms with Gasteiger partial charge in [0.15, 0.2) is 0 Å². The fourth-order valence-electron chi connectivity index (χ4n) is 1.69. The van der Waals surface area contributed by atoms with E-state index in [4.69, 9.17) is 5.73 Å². The molecule has 100 valence electrons. The van der Waals surface area contributed by atoms with Gasteiger partial charge < -0.3 is 11.1 Å². The molecule has 2 rings (SSSR count). The zero-order valence-electron chi connectivity index (χ0n) is 11.2. The van der Waals surface area contributed by atoms with Gasteiger partial charge in [-0.2, -0.15) is 0 Å². The minimum absolute atomic E-state index is 0.205. The average molecular weight is 265 g/mol. The molecule has 0 spiro atoms. The summed E-state index contributed by atoms with van der Waals surface area (Å²) in [6.07, 6.45) is 1.64. The van der Waals surface area contributed by atoms with Crippen LogP contribution in [0.25, 0.3) is 0 Å². The molecule has 0 atom stereocenters. The number of pyridine rings is 1. The molecule has 0 bridgehead atoms. The van der Waals surface area contributed by atoms with Gasteiger partial charge in [0, 0.05) is 17.3 Å². The summed E-state index contributed by atoms with van der Waals surface area (Å²) in [7, 11) is 0. The normalized spacial score (nSPS) is 9.50. The number of aryl methyl sites for hydroxylation is 1. The van der Waals surface area contributed by atoms with Gasteiger partial charge in [-0.1, -0.05) is 24.0 Å². The van der Waals surface area contributed by atoms with Crippen LogP contribution < -0.4 is 11.1 Å². The highest BCUT2D eigenvalue weighted by Crippen LogP contribution is 2.12. The number of hydrogen-bond donors (Lipinski definition) is 2. The van der Waals surface area contributed by atoms with Crippen molar-refractivity contribution in [2.24, 2.45) is 5.73 Å². The summed E-state index contributed by atoms with van der Waals surface area (Å²) in [4.78, 5) is 16.3. The molecule has 0 radical (unpaired) electrons. The third-order valence-electron chi connectivity index (χ3n) is 2.70. The van der Waals surface area contributed by atoms with Gasteiger partial charge in [-0.3, -0.25) is 4.79 Å². The van der Waals surface area contributed by atoms with Crippen molar-refractivity contribution in [1.82, 2.24) is 4.98 Å². The summed E-state index contributed by atoms with van der Waals surface area (Å²) in [5.74, 6) is 6.03. The highest BCUT2D eigenvalue weighted by Gasteiger charge is 2.08. The molecular weight excluding hydrogens is 250 g/mol. The van der Waals surface area contributed by atoms with Crippen LogP contribution >= 0.6 is 0 Å². The highest BCUT2D eigenvalue weighted by molar-refractivity contribution is 6.04. The maximum absolute atomic E-state index is 12.2. The quantitative estimate of drug-likeness (QED) is 0.815. The van der Waals surface area contributed by atoms with E-state index in [-0.39, 0.29) is 5.91 Å². The van der Waals surface area contributed by atoms with E-state index < -0.39 is 0 Å². The molecule has 0 saturated heterocycles. The largest absolute Gasteiger partial charge is 0.320 e. The Hall–Kier alpha value is -2.64. The third-order valence-corrected chi connectivity index (χ3v) is 2.70. The Kier molecular flexibility index (Phi) is 4.48. The van der Waals surface area contributed by atoms with Gasteiger partial charge in [0.1, 0.15) is 5.82 Å². The van der Waals surface area contributed by atoms with Crippen molar-refractivity contribution < 1.29 is 4.79 Å². The van der Waals surface area contributed by atoms with Gasteiger partial charge >= 0.3 is 0 Å². The van der Waals surface area contributed by atoms with Crippen molar-refractivity contribution in [2.75, 3.05) is 11.9 Å². The number of rotatable bonds is 2. The van der Waals surface area contributed by atoms with E-state index in [0.29, 0.717) is 17.9 Å². The molecular formula is C16H15N3O. The second-order valence-electron chi connectivity index (χ2n) is 4.21. The van der Waals surface area contributed by atoms with Gasteiger partial charge in [-0.25, -0.2) is 4.98 Å². The number of nitrogens with zero attached hydrogens (tertiary/aromatic N) is 1. The molecule has 0 aliphatic rings. The Morgan fingerprint density at radius 2 is 2.20 bits per heavy atom. The maximum Gasteiger partial charge on any atom is 0.256 e. The topological polar surface area (TPSA) is 68.0 Å². The number of amides is 1. The first-order valence-electron chi connectivity index (χ1n) is 6.22. The molecule has 0 aliphatic heterocycles. The van der Waals surface area contributed by atoms with Crippen molar-refractivity contribution >= 4 is 11.7 Å². The van der Waals surface area contributed by atoms with Crippen LogP contribution in [0, 0.1) is 18.8 Å².